The molecule has 1 heterocycles. The van der Waals surface area contributed by atoms with E-state index in [1.807, 2.05) is 0 Å². The summed E-state index contributed by atoms with van der Waals surface area (Å²) in [5.74, 6) is 0.628. The van der Waals surface area contributed by atoms with Gasteiger partial charge in [0.25, 0.3) is 0 Å². The first kappa shape index (κ1) is 12.0. The Morgan fingerprint density at radius 1 is 1.40 bits per heavy atom. The standard InChI is InChI=1S/C13H21NO/c1-5-8-13(4,9-6-2)11-10-15-12(7-3)14-11/h7,10H,3,5-6,8-9H2,1-2,4H3. The highest BCUT2D eigenvalue weighted by atomic mass is 16.3. The molecule has 1 aromatic heterocycles. The van der Waals surface area contributed by atoms with Gasteiger partial charge in [-0.15, -0.1) is 0 Å². The maximum absolute atomic E-state index is 5.32. The molecule has 0 aliphatic heterocycles. The van der Waals surface area contributed by atoms with Crippen LogP contribution in [0, 0.1) is 0 Å². The van der Waals surface area contributed by atoms with Crippen LogP contribution in [-0.4, -0.2) is 4.98 Å². The van der Waals surface area contributed by atoms with E-state index in [0.717, 1.165) is 18.5 Å². The largest absolute Gasteiger partial charge is 0.445 e. The predicted octanol–water partition coefficient (Wildman–Crippen LogP) is 4.18. The fraction of sp³-hybridized carbons (Fsp3) is 0.615. The van der Waals surface area contributed by atoms with Crippen LogP contribution in [0.1, 0.15) is 58.0 Å². The number of hydrogen-bond donors (Lipinski definition) is 0. The van der Waals surface area contributed by atoms with Gasteiger partial charge in [0.15, 0.2) is 0 Å². The molecule has 15 heavy (non-hydrogen) atoms. The van der Waals surface area contributed by atoms with Crippen molar-refractivity contribution in [3.05, 3.63) is 24.4 Å². The lowest BCUT2D eigenvalue weighted by Crippen LogP contribution is -2.22. The van der Waals surface area contributed by atoms with Crippen LogP contribution in [0.5, 0.6) is 0 Å². The zero-order chi connectivity index (χ0) is 11.3. The monoisotopic (exact) mass is 207 g/mol. The number of rotatable bonds is 6. The van der Waals surface area contributed by atoms with Crippen LogP contribution in [0.2, 0.25) is 0 Å². The van der Waals surface area contributed by atoms with Crippen LogP contribution in [0.4, 0.5) is 0 Å². The third-order valence-corrected chi connectivity index (χ3v) is 2.92. The summed E-state index contributed by atoms with van der Waals surface area (Å²) in [6.45, 7) is 10.4. The van der Waals surface area contributed by atoms with Crippen molar-refractivity contribution < 1.29 is 4.42 Å². The van der Waals surface area contributed by atoms with Gasteiger partial charge >= 0.3 is 0 Å². The summed E-state index contributed by atoms with van der Waals surface area (Å²) in [5.41, 5.74) is 1.23. The third kappa shape index (κ3) is 2.71. The van der Waals surface area contributed by atoms with Gasteiger partial charge in [0.05, 0.1) is 5.69 Å². The number of oxazole rings is 1. The van der Waals surface area contributed by atoms with Gasteiger partial charge in [-0.25, -0.2) is 4.98 Å². The average molecular weight is 207 g/mol. The molecule has 0 aromatic carbocycles. The highest BCUT2D eigenvalue weighted by Crippen LogP contribution is 2.33. The van der Waals surface area contributed by atoms with Crippen LogP contribution in [0.25, 0.3) is 6.08 Å². The molecular formula is C13H21NO. The molecule has 1 aromatic rings. The van der Waals surface area contributed by atoms with Crippen LogP contribution >= 0.6 is 0 Å². The molecule has 2 nitrogen and oxygen atoms in total. The van der Waals surface area contributed by atoms with Crippen molar-refractivity contribution in [2.75, 3.05) is 0 Å². The van der Waals surface area contributed by atoms with E-state index in [1.54, 1.807) is 12.3 Å². The van der Waals surface area contributed by atoms with Crippen molar-refractivity contribution in [3.63, 3.8) is 0 Å². The minimum absolute atomic E-state index is 0.161. The molecule has 0 radical (unpaired) electrons. The first-order chi connectivity index (χ1) is 7.16. The van der Waals surface area contributed by atoms with E-state index >= 15 is 0 Å². The van der Waals surface area contributed by atoms with E-state index in [2.05, 4.69) is 32.3 Å². The molecular weight excluding hydrogens is 186 g/mol. The number of hydrogen-bond acceptors (Lipinski definition) is 2. The maximum atomic E-state index is 5.32. The molecule has 84 valence electrons. The fourth-order valence-corrected chi connectivity index (χ4v) is 2.14. The smallest absolute Gasteiger partial charge is 0.218 e. The zero-order valence-corrected chi connectivity index (χ0v) is 10.0. The van der Waals surface area contributed by atoms with Crippen molar-refractivity contribution >= 4 is 6.08 Å². The topological polar surface area (TPSA) is 26.0 Å². The van der Waals surface area contributed by atoms with Gasteiger partial charge in [-0.05, 0) is 18.9 Å². The minimum Gasteiger partial charge on any atom is -0.445 e. The van der Waals surface area contributed by atoms with Crippen LogP contribution in [-0.2, 0) is 5.41 Å². The molecule has 0 bridgehead atoms. The molecule has 0 saturated carbocycles. The van der Waals surface area contributed by atoms with E-state index in [9.17, 15) is 0 Å². The van der Waals surface area contributed by atoms with Crippen LogP contribution < -0.4 is 0 Å². The molecule has 1 rings (SSSR count). The first-order valence-electron chi connectivity index (χ1n) is 5.74. The quantitative estimate of drug-likeness (QED) is 0.699. The Morgan fingerprint density at radius 2 is 2.00 bits per heavy atom. The molecule has 0 saturated heterocycles. The summed E-state index contributed by atoms with van der Waals surface area (Å²) < 4.78 is 5.32. The Bertz CT molecular complexity index is 308. The van der Waals surface area contributed by atoms with E-state index in [-0.39, 0.29) is 5.41 Å². The predicted molar refractivity (Wildman–Crippen MR) is 63.8 cm³/mol. The summed E-state index contributed by atoms with van der Waals surface area (Å²) in [6.07, 6.45) is 8.09. The summed E-state index contributed by atoms with van der Waals surface area (Å²) in [5, 5.41) is 0. The van der Waals surface area contributed by atoms with Crippen LogP contribution in [0.15, 0.2) is 17.3 Å². The van der Waals surface area contributed by atoms with Gasteiger partial charge in [0, 0.05) is 5.41 Å². The SMILES string of the molecule is C=Cc1nc(C(C)(CCC)CCC)co1. The Morgan fingerprint density at radius 3 is 2.40 bits per heavy atom. The zero-order valence-electron chi connectivity index (χ0n) is 10.0. The number of nitrogens with zero attached hydrogens (tertiary/aromatic N) is 1. The van der Waals surface area contributed by atoms with Crippen LogP contribution in [0.3, 0.4) is 0 Å². The second-order valence-corrected chi connectivity index (χ2v) is 4.34. The summed E-state index contributed by atoms with van der Waals surface area (Å²) >= 11 is 0. The Balaban J connectivity index is 2.91. The molecule has 0 unspecified atom stereocenters. The Hall–Kier alpha value is -1.05. The van der Waals surface area contributed by atoms with Gasteiger partial charge in [0.1, 0.15) is 6.26 Å². The second kappa shape index (κ2) is 5.15. The molecule has 0 aliphatic carbocycles. The maximum Gasteiger partial charge on any atom is 0.218 e. The van der Waals surface area contributed by atoms with E-state index in [0.29, 0.717) is 5.89 Å². The lowest BCUT2D eigenvalue weighted by molar-refractivity contribution is 0.380. The molecule has 0 amide bonds. The van der Waals surface area contributed by atoms with Crippen molar-refractivity contribution in [3.8, 4) is 0 Å². The van der Waals surface area contributed by atoms with E-state index < -0.39 is 0 Å². The lowest BCUT2D eigenvalue weighted by Gasteiger charge is -2.26. The number of aromatic nitrogens is 1. The average Bonchev–Trinajstić information content (AvgIpc) is 2.67. The molecule has 0 aliphatic rings. The van der Waals surface area contributed by atoms with Gasteiger partial charge in [-0.1, -0.05) is 40.2 Å². The van der Waals surface area contributed by atoms with E-state index in [4.69, 9.17) is 4.42 Å². The highest BCUT2D eigenvalue weighted by molar-refractivity contribution is 5.34. The lowest BCUT2D eigenvalue weighted by atomic mass is 9.79. The van der Waals surface area contributed by atoms with Gasteiger partial charge in [-0.2, -0.15) is 0 Å². The van der Waals surface area contributed by atoms with Crippen molar-refractivity contribution in [1.29, 1.82) is 0 Å². The molecule has 0 spiro atoms. The minimum atomic E-state index is 0.161. The third-order valence-electron chi connectivity index (χ3n) is 2.92. The van der Waals surface area contributed by atoms with Gasteiger partial charge in [0.2, 0.25) is 5.89 Å². The van der Waals surface area contributed by atoms with Crippen molar-refractivity contribution in [2.24, 2.45) is 0 Å². The van der Waals surface area contributed by atoms with Gasteiger partial charge < -0.3 is 4.42 Å². The first-order valence-corrected chi connectivity index (χ1v) is 5.74. The fourth-order valence-electron chi connectivity index (χ4n) is 2.14. The normalized spacial score (nSPS) is 11.7. The second-order valence-electron chi connectivity index (χ2n) is 4.34. The molecule has 0 atom stereocenters. The summed E-state index contributed by atoms with van der Waals surface area (Å²) in [7, 11) is 0. The van der Waals surface area contributed by atoms with Crippen molar-refractivity contribution in [1.82, 2.24) is 4.98 Å². The summed E-state index contributed by atoms with van der Waals surface area (Å²) in [6, 6.07) is 0. The van der Waals surface area contributed by atoms with E-state index in [1.165, 1.54) is 12.8 Å². The summed E-state index contributed by atoms with van der Waals surface area (Å²) in [4.78, 5) is 4.45. The van der Waals surface area contributed by atoms with Crippen molar-refractivity contribution in [2.45, 2.75) is 51.9 Å². The molecule has 0 N–H and O–H groups in total. The Labute approximate surface area is 92.4 Å². The van der Waals surface area contributed by atoms with Gasteiger partial charge in [-0.3, -0.25) is 0 Å². The molecule has 0 fully saturated rings. The molecule has 2 heteroatoms. The Kier molecular flexibility index (Phi) is 4.13. The highest BCUT2D eigenvalue weighted by Gasteiger charge is 2.27.